The topological polar surface area (TPSA) is 21.3 Å². The van der Waals surface area contributed by atoms with Crippen LogP contribution < -0.4 is 5.32 Å². The predicted molar refractivity (Wildman–Crippen MR) is 192 cm³/mol. The molecule has 2 nitrogen and oxygen atoms in total. The number of nitrogens with one attached hydrogen (secondary N) is 1. The summed E-state index contributed by atoms with van der Waals surface area (Å²) in [5.74, 6) is 0. The fourth-order valence-electron chi connectivity index (χ4n) is 5.41. The van der Waals surface area contributed by atoms with E-state index in [0.29, 0.717) is 0 Å². The Balaban J connectivity index is 3.11. The molecule has 0 aliphatic rings. The lowest BCUT2D eigenvalue weighted by molar-refractivity contribution is 0.131. The second-order valence-corrected chi connectivity index (χ2v) is 12.6. The van der Waals surface area contributed by atoms with Crippen LogP contribution in [0.1, 0.15) is 194 Å². The molecule has 0 aromatic carbocycles. The van der Waals surface area contributed by atoms with Crippen LogP contribution in [0.4, 0.5) is 0 Å². The van der Waals surface area contributed by atoms with Crippen LogP contribution in [-0.2, 0) is 4.74 Å². The van der Waals surface area contributed by atoms with E-state index in [0.717, 1.165) is 32.7 Å². The highest BCUT2D eigenvalue weighted by Gasteiger charge is 1.95. The first-order valence-electron chi connectivity index (χ1n) is 19.1. The summed E-state index contributed by atoms with van der Waals surface area (Å²) in [5.41, 5.74) is 0. The molecule has 0 bridgehead atoms. The minimum Gasteiger partial charge on any atom is -0.380 e. The molecule has 0 aliphatic heterocycles. The van der Waals surface area contributed by atoms with Gasteiger partial charge in [0.05, 0.1) is 6.61 Å². The molecule has 0 fully saturated rings. The zero-order valence-corrected chi connectivity index (χ0v) is 29.0. The van der Waals surface area contributed by atoms with E-state index in [1.807, 2.05) is 0 Å². The number of allylic oxidation sites excluding steroid dienone is 6. The molecule has 0 amide bonds. The van der Waals surface area contributed by atoms with Crippen LogP contribution in [0.15, 0.2) is 36.5 Å². The standard InChI is InChI=1S/C40H77NO/c1-3-5-7-9-11-13-15-17-19-21-22-24-26-28-30-32-34-36-39-42-40-38-41-37-35-33-31-29-27-25-23-20-18-16-14-12-10-8-6-4-2/h12,14,17-20,41H,3-11,13,15-16,21-40H2,1-2H3/b14-12?,19-17-,20-18?. The van der Waals surface area contributed by atoms with E-state index in [2.05, 4.69) is 55.6 Å². The molecule has 2 heteroatoms. The molecule has 0 heterocycles. The summed E-state index contributed by atoms with van der Waals surface area (Å²) in [7, 11) is 0. The van der Waals surface area contributed by atoms with Gasteiger partial charge in [0.1, 0.15) is 0 Å². The van der Waals surface area contributed by atoms with Gasteiger partial charge in [-0.05, 0) is 77.2 Å². The molecule has 0 rings (SSSR count). The summed E-state index contributed by atoms with van der Waals surface area (Å²) in [6.07, 6.45) is 52.1. The van der Waals surface area contributed by atoms with Gasteiger partial charge >= 0.3 is 0 Å². The van der Waals surface area contributed by atoms with E-state index < -0.39 is 0 Å². The molecule has 0 spiro atoms. The molecule has 0 saturated heterocycles. The Morgan fingerprint density at radius 2 is 0.738 bits per heavy atom. The molecule has 1 N–H and O–H groups in total. The van der Waals surface area contributed by atoms with Gasteiger partial charge in [-0.2, -0.15) is 0 Å². The third kappa shape index (κ3) is 39.1. The van der Waals surface area contributed by atoms with Gasteiger partial charge in [0, 0.05) is 13.2 Å². The molecule has 0 aromatic rings. The zero-order valence-electron chi connectivity index (χ0n) is 29.0. The SMILES string of the molecule is CCCCCC=CCC=CCCCCCCCCNCCOCCCCCCCCCC/C=C\CCCCCCCC. The lowest BCUT2D eigenvalue weighted by Gasteiger charge is -2.06. The number of hydrogen-bond acceptors (Lipinski definition) is 2. The maximum absolute atomic E-state index is 5.82. The van der Waals surface area contributed by atoms with E-state index >= 15 is 0 Å². The van der Waals surface area contributed by atoms with Crippen LogP contribution in [0.25, 0.3) is 0 Å². The maximum atomic E-state index is 5.82. The zero-order chi connectivity index (χ0) is 30.3. The second kappa shape index (κ2) is 40.1. The van der Waals surface area contributed by atoms with E-state index in [-0.39, 0.29) is 0 Å². The molecule has 42 heavy (non-hydrogen) atoms. The first-order valence-corrected chi connectivity index (χ1v) is 19.1. The van der Waals surface area contributed by atoms with Crippen LogP contribution in [0.2, 0.25) is 0 Å². The monoisotopic (exact) mass is 588 g/mol. The Hall–Kier alpha value is -0.860. The first kappa shape index (κ1) is 41.1. The minimum atomic E-state index is 0.871. The van der Waals surface area contributed by atoms with Gasteiger partial charge in [0.2, 0.25) is 0 Å². The summed E-state index contributed by atoms with van der Waals surface area (Å²) in [6, 6.07) is 0. The van der Waals surface area contributed by atoms with E-state index in [4.69, 9.17) is 4.74 Å². The lowest BCUT2D eigenvalue weighted by Crippen LogP contribution is -2.21. The van der Waals surface area contributed by atoms with Crippen LogP contribution in [-0.4, -0.2) is 26.3 Å². The van der Waals surface area contributed by atoms with Crippen molar-refractivity contribution in [2.75, 3.05) is 26.3 Å². The van der Waals surface area contributed by atoms with Crippen LogP contribution in [0, 0.1) is 0 Å². The number of hydrogen-bond donors (Lipinski definition) is 1. The Morgan fingerprint density at radius 1 is 0.357 bits per heavy atom. The van der Waals surface area contributed by atoms with E-state index in [9.17, 15) is 0 Å². The fraction of sp³-hybridized carbons (Fsp3) is 0.850. The quantitative estimate of drug-likeness (QED) is 0.0581. The highest BCUT2D eigenvalue weighted by Crippen LogP contribution is 2.12. The number of rotatable bonds is 36. The van der Waals surface area contributed by atoms with Crippen molar-refractivity contribution in [2.24, 2.45) is 0 Å². The summed E-state index contributed by atoms with van der Waals surface area (Å²) >= 11 is 0. The van der Waals surface area contributed by atoms with Gasteiger partial charge in [-0.3, -0.25) is 0 Å². The molecular weight excluding hydrogens is 510 g/mol. The van der Waals surface area contributed by atoms with Gasteiger partial charge in [0.25, 0.3) is 0 Å². The number of unbranched alkanes of at least 4 members (excludes halogenated alkanes) is 23. The van der Waals surface area contributed by atoms with E-state index in [1.54, 1.807) is 0 Å². The minimum absolute atomic E-state index is 0.871. The molecule has 0 aromatic heterocycles. The van der Waals surface area contributed by atoms with Crippen molar-refractivity contribution in [3.05, 3.63) is 36.5 Å². The van der Waals surface area contributed by atoms with Crippen LogP contribution >= 0.6 is 0 Å². The molecule has 248 valence electrons. The highest BCUT2D eigenvalue weighted by molar-refractivity contribution is 4.92. The summed E-state index contributed by atoms with van der Waals surface area (Å²) in [4.78, 5) is 0. The summed E-state index contributed by atoms with van der Waals surface area (Å²) < 4.78 is 5.82. The van der Waals surface area contributed by atoms with E-state index in [1.165, 1.54) is 173 Å². The summed E-state index contributed by atoms with van der Waals surface area (Å²) in [6.45, 7) is 8.53. The van der Waals surface area contributed by atoms with Crippen molar-refractivity contribution < 1.29 is 4.74 Å². The van der Waals surface area contributed by atoms with Crippen LogP contribution in [0.5, 0.6) is 0 Å². The molecule has 0 unspecified atom stereocenters. The smallest absolute Gasteiger partial charge is 0.0590 e. The van der Waals surface area contributed by atoms with Crippen molar-refractivity contribution >= 4 is 0 Å². The van der Waals surface area contributed by atoms with Gasteiger partial charge in [0.15, 0.2) is 0 Å². The average molecular weight is 588 g/mol. The second-order valence-electron chi connectivity index (χ2n) is 12.6. The van der Waals surface area contributed by atoms with Gasteiger partial charge < -0.3 is 10.1 Å². The first-order chi connectivity index (χ1) is 20.9. The Morgan fingerprint density at radius 3 is 1.26 bits per heavy atom. The van der Waals surface area contributed by atoms with Crippen molar-refractivity contribution in [1.29, 1.82) is 0 Å². The van der Waals surface area contributed by atoms with Gasteiger partial charge in [-0.1, -0.05) is 159 Å². The lowest BCUT2D eigenvalue weighted by atomic mass is 10.1. The van der Waals surface area contributed by atoms with Crippen LogP contribution in [0.3, 0.4) is 0 Å². The number of ether oxygens (including phenoxy) is 1. The maximum Gasteiger partial charge on any atom is 0.0590 e. The van der Waals surface area contributed by atoms with Gasteiger partial charge in [-0.15, -0.1) is 0 Å². The average Bonchev–Trinajstić information content (AvgIpc) is 3.00. The molecular formula is C40H77NO. The predicted octanol–water partition coefficient (Wildman–Crippen LogP) is 13.2. The Bertz CT molecular complexity index is 552. The summed E-state index contributed by atoms with van der Waals surface area (Å²) in [5, 5.41) is 3.55. The van der Waals surface area contributed by atoms with Gasteiger partial charge in [-0.25, -0.2) is 0 Å². The third-order valence-electron chi connectivity index (χ3n) is 8.28. The molecule has 0 aliphatic carbocycles. The molecule has 0 atom stereocenters. The Labute approximate surface area is 266 Å². The largest absolute Gasteiger partial charge is 0.380 e. The molecule has 0 radical (unpaired) electrons. The van der Waals surface area contributed by atoms with Crippen molar-refractivity contribution in [1.82, 2.24) is 5.32 Å². The highest BCUT2D eigenvalue weighted by atomic mass is 16.5. The normalized spacial score (nSPS) is 12.1. The molecule has 0 saturated carbocycles. The van der Waals surface area contributed by atoms with Crippen molar-refractivity contribution in [3.8, 4) is 0 Å². The fourth-order valence-corrected chi connectivity index (χ4v) is 5.41. The Kier molecular flexibility index (Phi) is 39.3. The van der Waals surface area contributed by atoms with Crippen molar-refractivity contribution in [3.63, 3.8) is 0 Å². The third-order valence-corrected chi connectivity index (χ3v) is 8.28. The van der Waals surface area contributed by atoms with Crippen molar-refractivity contribution in [2.45, 2.75) is 194 Å².